The summed E-state index contributed by atoms with van der Waals surface area (Å²) in [6.45, 7) is 4.20. The van der Waals surface area contributed by atoms with Crippen LogP contribution in [0.5, 0.6) is 0 Å². The van der Waals surface area contributed by atoms with E-state index in [0.717, 1.165) is 72.4 Å². The number of fused-ring (bicyclic) bond motifs is 3. The predicted octanol–water partition coefficient (Wildman–Crippen LogP) is 11.2. The standard InChI is InChI=1S/C30H21N4.C17H12N.Ir/c1-19-9-10-23-24(12-19)25-13-20(2)16-33-28(25)15-26(23)30-18-31-17-29(34-30)22-7-5-6-21(14-22)27-8-3-4-11-32-27;1-2-8-14(9-3-1)15-10-4-5-11-16(15)17-12-6-7-13-18-17;/h3-5,7-18H,1-2H3;1-10,12-13H;/q2*-1;. The fraction of sp³-hybridized carbons (Fsp3) is 0.0426. The summed E-state index contributed by atoms with van der Waals surface area (Å²) in [4.78, 5) is 23.1. The smallest absolute Gasteiger partial charge is 0.0899 e. The van der Waals surface area contributed by atoms with Crippen LogP contribution < -0.4 is 0 Å². The second kappa shape index (κ2) is 16.0. The monoisotopic (exact) mass is 860 g/mol. The Kier molecular flexibility index (Phi) is 10.6. The van der Waals surface area contributed by atoms with E-state index in [9.17, 15) is 0 Å². The van der Waals surface area contributed by atoms with E-state index in [0.29, 0.717) is 0 Å². The summed E-state index contributed by atoms with van der Waals surface area (Å²) < 4.78 is 0. The van der Waals surface area contributed by atoms with Crippen molar-refractivity contribution in [2.75, 3.05) is 0 Å². The summed E-state index contributed by atoms with van der Waals surface area (Å²) in [5, 5.41) is 3.49. The molecule has 1 radical (unpaired) electrons. The van der Waals surface area contributed by atoms with Gasteiger partial charge in [-0.25, -0.2) is 4.98 Å². The fourth-order valence-electron chi connectivity index (χ4n) is 6.40. The van der Waals surface area contributed by atoms with E-state index < -0.39 is 0 Å². The zero-order valence-electron chi connectivity index (χ0n) is 29.2. The first-order chi connectivity index (χ1) is 25.6. The van der Waals surface area contributed by atoms with Crippen molar-refractivity contribution >= 4 is 21.7 Å². The molecule has 4 aromatic heterocycles. The van der Waals surface area contributed by atoms with E-state index in [4.69, 9.17) is 9.97 Å². The van der Waals surface area contributed by atoms with Crippen LogP contribution in [0.25, 0.3) is 77.8 Å². The Morgan fingerprint density at radius 2 is 1.23 bits per heavy atom. The first-order valence-electron chi connectivity index (χ1n) is 17.1. The number of benzene rings is 5. The summed E-state index contributed by atoms with van der Waals surface area (Å²) in [6, 6.07) is 51.6. The van der Waals surface area contributed by atoms with Crippen LogP contribution in [0.1, 0.15) is 11.1 Å². The number of hydrogen-bond acceptors (Lipinski definition) is 5. The van der Waals surface area contributed by atoms with Crippen LogP contribution in [0, 0.1) is 26.0 Å². The van der Waals surface area contributed by atoms with Crippen LogP contribution in [-0.4, -0.2) is 24.9 Å². The van der Waals surface area contributed by atoms with Gasteiger partial charge < -0.3 is 9.97 Å². The van der Waals surface area contributed by atoms with Crippen LogP contribution in [0.4, 0.5) is 0 Å². The Hall–Kier alpha value is -6.20. The molecule has 0 spiro atoms. The SMILES string of the molecule is Cc1cnc2cc(-c3cncc(-c4cc[c-]c(-c5ccccn5)c4)n3)c3ccc(C)cc3c2c1.[Ir].[c-]1cccc(-c2ccccc2)c1-c1ccccn1. The minimum absolute atomic E-state index is 0. The summed E-state index contributed by atoms with van der Waals surface area (Å²) in [6.07, 6.45) is 9.14. The van der Waals surface area contributed by atoms with Crippen LogP contribution in [0.15, 0.2) is 164 Å². The van der Waals surface area contributed by atoms with Crippen LogP contribution in [0.2, 0.25) is 0 Å². The molecule has 0 atom stereocenters. The maximum absolute atomic E-state index is 5.02. The first-order valence-corrected chi connectivity index (χ1v) is 17.1. The van der Waals surface area contributed by atoms with Crippen molar-refractivity contribution in [3.63, 3.8) is 0 Å². The third-order valence-corrected chi connectivity index (χ3v) is 8.90. The van der Waals surface area contributed by atoms with Gasteiger partial charge in [0.25, 0.3) is 0 Å². The fourth-order valence-corrected chi connectivity index (χ4v) is 6.40. The van der Waals surface area contributed by atoms with Gasteiger partial charge in [-0.15, -0.1) is 59.7 Å². The average Bonchev–Trinajstić information content (AvgIpc) is 3.22. The molecule has 4 heterocycles. The predicted molar refractivity (Wildman–Crippen MR) is 211 cm³/mol. The molecule has 0 bridgehead atoms. The molecular formula is C47H33IrN5-2. The van der Waals surface area contributed by atoms with Gasteiger partial charge in [0.05, 0.1) is 29.3 Å². The molecule has 5 aromatic carbocycles. The number of rotatable bonds is 5. The molecule has 0 saturated heterocycles. The summed E-state index contributed by atoms with van der Waals surface area (Å²) in [7, 11) is 0. The zero-order chi connectivity index (χ0) is 35.3. The Balaban J connectivity index is 0.000000194. The Labute approximate surface area is 322 Å². The van der Waals surface area contributed by atoms with Crippen molar-refractivity contribution in [3.8, 4) is 56.2 Å². The quantitative estimate of drug-likeness (QED) is 0.127. The Morgan fingerprint density at radius 3 is 2.02 bits per heavy atom. The molecular weight excluding hydrogens is 827 g/mol. The molecule has 0 saturated carbocycles. The minimum Gasteiger partial charge on any atom is -0.305 e. The van der Waals surface area contributed by atoms with Gasteiger partial charge in [-0.1, -0.05) is 95.1 Å². The number of hydrogen-bond donors (Lipinski definition) is 0. The van der Waals surface area contributed by atoms with Crippen LogP contribution in [0.3, 0.4) is 0 Å². The molecule has 0 N–H and O–H groups in total. The van der Waals surface area contributed by atoms with Crippen molar-refractivity contribution in [2.24, 2.45) is 0 Å². The molecule has 0 fully saturated rings. The van der Waals surface area contributed by atoms with Crippen molar-refractivity contribution in [1.29, 1.82) is 0 Å². The molecule has 5 nitrogen and oxygen atoms in total. The van der Waals surface area contributed by atoms with Crippen molar-refractivity contribution in [2.45, 2.75) is 13.8 Å². The molecule has 9 aromatic rings. The Bertz CT molecular complexity index is 2590. The molecule has 257 valence electrons. The van der Waals surface area contributed by atoms with Crippen LogP contribution >= 0.6 is 0 Å². The summed E-state index contributed by atoms with van der Waals surface area (Å²) >= 11 is 0. The number of aromatic nitrogens is 5. The zero-order valence-corrected chi connectivity index (χ0v) is 31.6. The van der Waals surface area contributed by atoms with Gasteiger partial charge in [0, 0.05) is 49.6 Å². The molecule has 0 aliphatic rings. The number of pyridine rings is 3. The molecule has 0 unspecified atom stereocenters. The van der Waals surface area contributed by atoms with E-state index in [-0.39, 0.29) is 20.1 Å². The van der Waals surface area contributed by atoms with Gasteiger partial charge in [0.15, 0.2) is 0 Å². The van der Waals surface area contributed by atoms with E-state index in [2.05, 4.69) is 95.5 Å². The van der Waals surface area contributed by atoms with E-state index in [1.54, 1.807) is 12.4 Å². The normalized spacial score (nSPS) is 10.7. The van der Waals surface area contributed by atoms with Gasteiger partial charge in [0.2, 0.25) is 0 Å². The van der Waals surface area contributed by atoms with Crippen LogP contribution in [-0.2, 0) is 20.1 Å². The van der Waals surface area contributed by atoms with Gasteiger partial charge >= 0.3 is 0 Å². The maximum Gasteiger partial charge on any atom is 0.0899 e. The molecule has 0 amide bonds. The van der Waals surface area contributed by atoms with E-state index in [1.807, 2.05) is 97.5 Å². The molecule has 9 rings (SSSR count). The first kappa shape index (κ1) is 35.2. The van der Waals surface area contributed by atoms with E-state index >= 15 is 0 Å². The Morgan fingerprint density at radius 1 is 0.472 bits per heavy atom. The second-order valence-corrected chi connectivity index (χ2v) is 12.6. The summed E-state index contributed by atoms with van der Waals surface area (Å²) in [5.74, 6) is 0. The molecule has 6 heteroatoms. The number of aryl methyl sites for hydroxylation is 2. The minimum atomic E-state index is 0. The number of nitrogens with zero attached hydrogens (tertiary/aromatic N) is 5. The summed E-state index contributed by atoms with van der Waals surface area (Å²) in [5.41, 5.74) is 13.1. The second-order valence-electron chi connectivity index (χ2n) is 12.6. The molecule has 0 aliphatic carbocycles. The molecule has 0 aliphatic heterocycles. The maximum atomic E-state index is 5.02. The van der Waals surface area contributed by atoms with Crippen molar-refractivity contribution in [3.05, 3.63) is 188 Å². The average molecular weight is 860 g/mol. The third kappa shape index (κ3) is 7.70. The van der Waals surface area contributed by atoms with Gasteiger partial charge in [-0.2, -0.15) is 0 Å². The van der Waals surface area contributed by atoms with Gasteiger partial charge in [0.1, 0.15) is 0 Å². The van der Waals surface area contributed by atoms with Crippen molar-refractivity contribution in [1.82, 2.24) is 24.9 Å². The topological polar surface area (TPSA) is 64.5 Å². The van der Waals surface area contributed by atoms with E-state index in [1.165, 1.54) is 16.5 Å². The van der Waals surface area contributed by atoms with Crippen molar-refractivity contribution < 1.29 is 20.1 Å². The van der Waals surface area contributed by atoms with Gasteiger partial charge in [-0.05, 0) is 65.8 Å². The molecule has 53 heavy (non-hydrogen) atoms. The third-order valence-electron chi connectivity index (χ3n) is 8.90. The largest absolute Gasteiger partial charge is 0.305 e. The van der Waals surface area contributed by atoms with Gasteiger partial charge in [-0.3, -0.25) is 9.97 Å².